The molecule has 0 unspecified atom stereocenters. The quantitative estimate of drug-likeness (QED) is 0.0606. The zero-order valence-corrected chi connectivity index (χ0v) is 36.6. The molecule has 6 rings (SSSR count). The first kappa shape index (κ1) is 43.6. The Morgan fingerprint density at radius 3 is 2.05 bits per heavy atom. The Labute approximate surface area is 352 Å². The molecule has 13 heteroatoms. The summed E-state index contributed by atoms with van der Waals surface area (Å²) in [5.74, 6) is 0.416. The number of hydrogen-bond donors (Lipinski definition) is 2. The molecule has 0 atom stereocenters. The molecule has 1 heterocycles. The van der Waals surface area contributed by atoms with Crippen LogP contribution in [0.2, 0.25) is 0 Å². The van der Waals surface area contributed by atoms with Crippen molar-refractivity contribution in [3.8, 4) is 22.5 Å². The molecule has 0 radical (unpaired) electrons. The van der Waals surface area contributed by atoms with Gasteiger partial charge in [0.15, 0.2) is 0 Å². The summed E-state index contributed by atoms with van der Waals surface area (Å²) in [5.41, 5.74) is 6.91. The molecule has 0 saturated heterocycles. The molecule has 0 spiro atoms. The monoisotopic (exact) mass is 899 g/mol. The van der Waals surface area contributed by atoms with Crippen LogP contribution in [-0.2, 0) is 20.2 Å². The fourth-order valence-corrected chi connectivity index (χ4v) is 10.4. The number of nitrogens with one attached hydrogen (secondary N) is 1. The van der Waals surface area contributed by atoms with Gasteiger partial charge in [0.05, 0.1) is 4.90 Å². The molecule has 9 nitrogen and oxygen atoms in total. The van der Waals surface area contributed by atoms with Gasteiger partial charge in [-0.25, -0.2) is 8.42 Å². The Morgan fingerprint density at radius 2 is 1.45 bits per heavy atom. The number of hydrogen-bond acceptors (Lipinski definition) is 8. The second-order valence-electron chi connectivity index (χ2n) is 14.5. The Kier molecular flexibility index (Phi) is 13.7. The number of benzene rings is 5. The van der Waals surface area contributed by atoms with Gasteiger partial charge in [0.2, 0.25) is 0 Å². The van der Waals surface area contributed by atoms with E-state index in [1.54, 1.807) is 30.3 Å². The van der Waals surface area contributed by atoms with Crippen molar-refractivity contribution in [2.24, 2.45) is 4.99 Å². The smallest absolute Gasteiger partial charge is 1.00 e. The minimum Gasteiger partial charge on any atom is 1.00 e. The van der Waals surface area contributed by atoms with Gasteiger partial charge in [0.25, 0.3) is 0 Å². The third-order valence-corrected chi connectivity index (χ3v) is 14.5. The number of para-hydroxylation sites is 1. The van der Waals surface area contributed by atoms with Gasteiger partial charge in [0.1, 0.15) is 10.1 Å². The van der Waals surface area contributed by atoms with Crippen molar-refractivity contribution in [3.05, 3.63) is 117 Å². The van der Waals surface area contributed by atoms with E-state index in [2.05, 4.69) is 44.3 Å². The van der Waals surface area contributed by atoms with E-state index in [0.29, 0.717) is 61.5 Å². The first-order chi connectivity index (χ1) is 26.0. The number of rotatable bonds is 12. The minimum absolute atomic E-state index is 0. The van der Waals surface area contributed by atoms with Crippen LogP contribution < -0.4 is 50.7 Å². The van der Waals surface area contributed by atoms with Crippen LogP contribution in [0.15, 0.2) is 110 Å². The molecule has 1 aliphatic heterocycles. The van der Waals surface area contributed by atoms with E-state index in [9.17, 15) is 25.9 Å². The topological polar surface area (TPSA) is 149 Å². The molecule has 4 aromatic carbocycles. The fraction of sp³-hybridized carbons (Fsp3) is 0.279. The van der Waals surface area contributed by atoms with Crippen molar-refractivity contribution in [3.63, 3.8) is 0 Å². The Bertz CT molecular complexity index is 2640. The van der Waals surface area contributed by atoms with Gasteiger partial charge < -0.3 is 4.55 Å². The van der Waals surface area contributed by atoms with E-state index >= 15 is 0 Å². The van der Waals surface area contributed by atoms with Crippen LogP contribution in [0.1, 0.15) is 89.3 Å². The van der Waals surface area contributed by atoms with Gasteiger partial charge in [-0.1, -0.05) is 27.7 Å². The standard InChI is InChI=1S/C43H46IN2O7S2.Li/c1-8-20-44-37-14-11-13-31(25(2)3)43(37)46-29-17-19-33-39(22-29)53-38-21-28(16-18-32(38)41(33)34-12-9-10-15-40(34)55(50,51)52)45-42-35(26(4)5)23-30(54(47,48)49)24-36(42)27(6)7;/h9-19,21-27,46H,8,20H2,1-7H3,(H,47,48,49)(H,50,51,52);/q-1;+1/p-1. The van der Waals surface area contributed by atoms with E-state index in [0.717, 1.165) is 22.2 Å². The zero-order chi connectivity index (χ0) is 39.8. The average Bonchev–Trinajstić information content (AvgIpc) is 3.12. The first-order valence-corrected chi connectivity index (χ1v) is 23.7. The van der Waals surface area contributed by atoms with Crippen LogP contribution >= 0.6 is 0 Å². The average molecular weight is 900 g/mol. The predicted molar refractivity (Wildman–Crippen MR) is 214 cm³/mol. The van der Waals surface area contributed by atoms with Crippen molar-refractivity contribution in [2.45, 2.75) is 82.4 Å². The molecule has 0 bridgehead atoms. The third-order valence-electron chi connectivity index (χ3n) is 9.42. The number of halogens is 1. The maximum atomic E-state index is 12.7. The molecular weight excluding hydrogens is 854 g/mol. The van der Waals surface area contributed by atoms with Crippen LogP contribution in [0.5, 0.6) is 0 Å². The van der Waals surface area contributed by atoms with Crippen LogP contribution in [0.4, 0.5) is 17.1 Å². The predicted octanol–water partition coefficient (Wildman–Crippen LogP) is 4.37. The number of alkyl halides is 1. The summed E-state index contributed by atoms with van der Waals surface area (Å²) in [7, 11) is -9.31. The second kappa shape index (κ2) is 17.6. The molecule has 1 aliphatic carbocycles. The summed E-state index contributed by atoms with van der Waals surface area (Å²) in [5, 5.41) is 4.86. The van der Waals surface area contributed by atoms with Crippen molar-refractivity contribution < 1.29 is 70.4 Å². The largest absolute Gasteiger partial charge is 1.00 e. The van der Waals surface area contributed by atoms with Crippen LogP contribution in [0, 0.1) is 3.57 Å². The van der Waals surface area contributed by atoms with Gasteiger partial charge in [-0.3, -0.25) is 0 Å². The summed E-state index contributed by atoms with van der Waals surface area (Å²) in [6.07, 6.45) is 1.12. The molecule has 0 amide bonds. The van der Waals surface area contributed by atoms with Crippen molar-refractivity contribution in [1.82, 2.24) is 0 Å². The maximum Gasteiger partial charge on any atom is 1.00 e. The van der Waals surface area contributed by atoms with E-state index < -0.39 is 20.2 Å². The van der Waals surface area contributed by atoms with Crippen LogP contribution in [0.3, 0.4) is 0 Å². The van der Waals surface area contributed by atoms with Crippen LogP contribution in [0.25, 0.3) is 33.4 Å². The second-order valence-corrected chi connectivity index (χ2v) is 20.2. The summed E-state index contributed by atoms with van der Waals surface area (Å²) in [6.45, 7) is 14.2. The summed E-state index contributed by atoms with van der Waals surface area (Å²) < 4.78 is 81.3. The summed E-state index contributed by atoms with van der Waals surface area (Å²) in [6, 6.07) is 26.8. The molecule has 4 aromatic rings. The summed E-state index contributed by atoms with van der Waals surface area (Å²) >= 11 is -0.216. The first-order valence-electron chi connectivity index (χ1n) is 18.2. The van der Waals surface area contributed by atoms with E-state index in [-0.39, 0.29) is 61.7 Å². The van der Waals surface area contributed by atoms with Gasteiger partial charge >= 0.3 is 264 Å². The van der Waals surface area contributed by atoms with Crippen molar-refractivity contribution >= 4 is 48.3 Å². The van der Waals surface area contributed by atoms with Gasteiger partial charge in [-0.05, 0) is 35.1 Å². The number of nitrogens with zero attached hydrogens (tertiary/aromatic N) is 1. The molecule has 2 aliphatic rings. The third kappa shape index (κ3) is 9.28. The Hall–Kier alpha value is -3.48. The van der Waals surface area contributed by atoms with Crippen molar-refractivity contribution in [1.29, 1.82) is 0 Å². The van der Waals surface area contributed by atoms with Gasteiger partial charge in [-0.2, -0.15) is 0 Å². The Balaban J connectivity index is 0.00000600. The van der Waals surface area contributed by atoms with E-state index in [4.69, 9.17) is 9.41 Å². The summed E-state index contributed by atoms with van der Waals surface area (Å²) in [4.78, 5) is 4.51. The SMILES string of the molecule is CCC[I-]c1cccc(C(C)C)c1Nc1ccc2c(-c3ccccc3S(=O)(=O)O)c3ccc(=Nc4c(C(C)C)cc(S(=O)(=O)[O-])cc4C(C)C)cc-3oc2c1.[Li+]. The molecule has 0 saturated carbocycles. The molecule has 2 N–H and O–H groups in total. The molecule has 56 heavy (non-hydrogen) atoms. The van der Waals surface area contributed by atoms with E-state index in [1.165, 1.54) is 27.3 Å². The maximum absolute atomic E-state index is 12.7. The van der Waals surface area contributed by atoms with Crippen LogP contribution in [-0.4, -0.2) is 30.4 Å². The Morgan fingerprint density at radius 1 is 0.786 bits per heavy atom. The minimum atomic E-state index is -4.71. The number of fused-ring (bicyclic) bond motifs is 2. The molecule has 0 aromatic heterocycles. The van der Waals surface area contributed by atoms with Crippen molar-refractivity contribution in [2.75, 3.05) is 9.74 Å². The van der Waals surface area contributed by atoms with Gasteiger partial charge in [-0.15, -0.1) is 0 Å². The molecule has 0 fully saturated rings. The normalized spacial score (nSPS) is 12.7. The van der Waals surface area contributed by atoms with E-state index in [1.807, 2.05) is 52.0 Å². The number of anilines is 2. The molecule has 290 valence electrons. The zero-order valence-electron chi connectivity index (χ0n) is 32.8. The van der Waals surface area contributed by atoms with Gasteiger partial charge in [0, 0.05) is 0 Å². The fourth-order valence-electron chi connectivity index (χ4n) is 6.75. The molecular formula is C43H45ILiN2O7S2-.